The molecule has 0 bridgehead atoms. The number of amides is 1. The van der Waals surface area contributed by atoms with E-state index in [1.165, 1.54) is 0 Å². The second-order valence-corrected chi connectivity index (χ2v) is 5.97. The first-order valence-corrected chi connectivity index (χ1v) is 8.06. The fourth-order valence-corrected chi connectivity index (χ4v) is 2.42. The molecule has 0 saturated carbocycles. The molecule has 0 aliphatic carbocycles. The molecule has 2 aromatic carbocycles. The van der Waals surface area contributed by atoms with Crippen LogP contribution in [0.25, 0.3) is 0 Å². The lowest BCUT2D eigenvalue weighted by Crippen LogP contribution is -2.44. The summed E-state index contributed by atoms with van der Waals surface area (Å²) in [5.74, 6) is 0.0570. The number of rotatable bonds is 4. The van der Waals surface area contributed by atoms with Gasteiger partial charge in [-0.05, 0) is 61.3 Å². The number of aromatic hydroxyl groups is 1. The topological polar surface area (TPSA) is 73.4 Å². The fraction of sp³-hybridized carbons (Fsp3) is 0.222. The van der Waals surface area contributed by atoms with Crippen LogP contribution >= 0.6 is 12.2 Å². The maximum absolute atomic E-state index is 11.9. The van der Waals surface area contributed by atoms with Gasteiger partial charge in [-0.25, -0.2) is 0 Å². The van der Waals surface area contributed by atoms with E-state index in [0.717, 1.165) is 22.4 Å². The number of para-hydroxylation sites is 1. The molecule has 0 saturated heterocycles. The van der Waals surface area contributed by atoms with E-state index in [9.17, 15) is 9.90 Å². The Kier molecular flexibility index (Phi) is 6.14. The number of anilines is 1. The van der Waals surface area contributed by atoms with Crippen molar-refractivity contribution in [1.82, 2.24) is 10.9 Å². The first-order chi connectivity index (χ1) is 11.5. The van der Waals surface area contributed by atoms with E-state index < -0.39 is 0 Å². The van der Waals surface area contributed by atoms with E-state index in [0.29, 0.717) is 18.0 Å². The predicted molar refractivity (Wildman–Crippen MR) is 99.8 cm³/mol. The molecule has 6 heteroatoms. The summed E-state index contributed by atoms with van der Waals surface area (Å²) in [6, 6.07) is 12.8. The number of hydrogen-bond acceptors (Lipinski definition) is 3. The molecule has 2 aromatic rings. The van der Waals surface area contributed by atoms with Gasteiger partial charge in [-0.3, -0.25) is 15.6 Å². The zero-order chi connectivity index (χ0) is 17.5. The van der Waals surface area contributed by atoms with Crippen LogP contribution in [0.4, 0.5) is 5.69 Å². The molecule has 0 spiro atoms. The Morgan fingerprint density at radius 1 is 1.04 bits per heavy atom. The van der Waals surface area contributed by atoms with Crippen LogP contribution in [0.5, 0.6) is 5.75 Å². The number of carbonyl (C=O) groups excluding carboxylic acids is 1. The molecule has 5 nitrogen and oxygen atoms in total. The maximum Gasteiger partial charge on any atom is 0.238 e. The Morgan fingerprint density at radius 2 is 1.67 bits per heavy atom. The lowest BCUT2D eigenvalue weighted by molar-refractivity contribution is -0.121. The van der Waals surface area contributed by atoms with Crippen molar-refractivity contribution in [1.29, 1.82) is 0 Å². The zero-order valence-electron chi connectivity index (χ0n) is 13.7. The number of carbonyl (C=O) groups is 1. The van der Waals surface area contributed by atoms with E-state index >= 15 is 0 Å². The average molecular weight is 343 g/mol. The standard InChI is InChI=1S/C18H21N3O2S/c1-12-4-3-5-13(2)17(12)19-18(24)21-20-16(23)11-8-14-6-9-15(22)10-7-14/h3-7,9-10,22H,8,11H2,1-2H3,(H,20,23)(H2,19,21,24). The van der Waals surface area contributed by atoms with Gasteiger partial charge in [-0.2, -0.15) is 0 Å². The third-order valence-corrected chi connectivity index (χ3v) is 3.82. The molecule has 0 aromatic heterocycles. The summed E-state index contributed by atoms with van der Waals surface area (Å²) in [6.07, 6.45) is 0.911. The minimum atomic E-state index is -0.159. The second kappa shape index (κ2) is 8.31. The zero-order valence-corrected chi connectivity index (χ0v) is 14.5. The van der Waals surface area contributed by atoms with Crippen LogP contribution in [0.3, 0.4) is 0 Å². The highest BCUT2D eigenvalue weighted by molar-refractivity contribution is 7.80. The van der Waals surface area contributed by atoms with Crippen LogP contribution in [0.1, 0.15) is 23.1 Å². The molecule has 0 radical (unpaired) electrons. The van der Waals surface area contributed by atoms with Crippen LogP contribution in [0.15, 0.2) is 42.5 Å². The molecular formula is C18H21N3O2S. The van der Waals surface area contributed by atoms with Crippen molar-refractivity contribution in [3.05, 3.63) is 59.2 Å². The van der Waals surface area contributed by atoms with Crippen molar-refractivity contribution in [2.75, 3.05) is 5.32 Å². The lowest BCUT2D eigenvalue weighted by atomic mass is 10.1. The number of thiocarbonyl (C=S) groups is 1. The fourth-order valence-electron chi connectivity index (χ4n) is 2.27. The van der Waals surface area contributed by atoms with Crippen LogP contribution < -0.4 is 16.2 Å². The first kappa shape index (κ1) is 17.7. The molecule has 126 valence electrons. The molecule has 1 amide bonds. The van der Waals surface area contributed by atoms with E-state index in [1.807, 2.05) is 32.0 Å². The van der Waals surface area contributed by atoms with Crippen molar-refractivity contribution in [2.24, 2.45) is 0 Å². The highest BCUT2D eigenvalue weighted by atomic mass is 32.1. The molecule has 2 rings (SSSR count). The summed E-state index contributed by atoms with van der Waals surface area (Å²) in [4.78, 5) is 11.9. The van der Waals surface area contributed by atoms with Gasteiger partial charge < -0.3 is 10.4 Å². The van der Waals surface area contributed by atoms with Crippen molar-refractivity contribution >= 4 is 28.9 Å². The van der Waals surface area contributed by atoms with Gasteiger partial charge in [0.15, 0.2) is 5.11 Å². The summed E-state index contributed by atoms with van der Waals surface area (Å²) >= 11 is 5.20. The third-order valence-electron chi connectivity index (χ3n) is 3.61. The number of hydrazine groups is 1. The molecule has 0 fully saturated rings. The van der Waals surface area contributed by atoms with Gasteiger partial charge in [0.2, 0.25) is 5.91 Å². The van der Waals surface area contributed by atoms with Crippen molar-refractivity contribution in [2.45, 2.75) is 26.7 Å². The number of hydrogen-bond donors (Lipinski definition) is 4. The third kappa shape index (κ3) is 5.24. The van der Waals surface area contributed by atoms with E-state index in [1.54, 1.807) is 24.3 Å². The largest absolute Gasteiger partial charge is 0.508 e. The molecule has 4 N–H and O–H groups in total. The second-order valence-electron chi connectivity index (χ2n) is 5.56. The Morgan fingerprint density at radius 3 is 2.29 bits per heavy atom. The summed E-state index contributed by atoms with van der Waals surface area (Å²) in [6.45, 7) is 3.99. The van der Waals surface area contributed by atoms with Crippen LogP contribution in [0.2, 0.25) is 0 Å². The molecule has 0 atom stereocenters. The monoisotopic (exact) mass is 343 g/mol. The lowest BCUT2D eigenvalue weighted by Gasteiger charge is -2.15. The SMILES string of the molecule is Cc1cccc(C)c1NC(=S)NNC(=O)CCc1ccc(O)cc1. The van der Waals surface area contributed by atoms with Gasteiger partial charge in [-0.1, -0.05) is 30.3 Å². The maximum atomic E-state index is 11.9. The molecule has 0 aliphatic rings. The molecule has 24 heavy (non-hydrogen) atoms. The van der Waals surface area contributed by atoms with Crippen LogP contribution in [-0.4, -0.2) is 16.1 Å². The Hall–Kier alpha value is -2.60. The smallest absolute Gasteiger partial charge is 0.238 e. The molecule has 0 aliphatic heterocycles. The summed E-state index contributed by atoms with van der Waals surface area (Å²) in [5.41, 5.74) is 9.38. The Balaban J connectivity index is 1.77. The highest BCUT2D eigenvalue weighted by Crippen LogP contribution is 2.19. The van der Waals surface area contributed by atoms with E-state index in [-0.39, 0.29) is 11.7 Å². The highest BCUT2D eigenvalue weighted by Gasteiger charge is 2.06. The number of phenols is 1. The summed E-state index contributed by atoms with van der Waals surface area (Å²) < 4.78 is 0. The normalized spacial score (nSPS) is 10.1. The van der Waals surface area contributed by atoms with Gasteiger partial charge in [-0.15, -0.1) is 0 Å². The molecule has 0 heterocycles. The van der Waals surface area contributed by atoms with Gasteiger partial charge in [0, 0.05) is 12.1 Å². The van der Waals surface area contributed by atoms with Gasteiger partial charge in [0.1, 0.15) is 5.75 Å². The predicted octanol–water partition coefficient (Wildman–Crippen LogP) is 2.96. The van der Waals surface area contributed by atoms with Gasteiger partial charge in [0.05, 0.1) is 0 Å². The van der Waals surface area contributed by atoms with Crippen LogP contribution in [-0.2, 0) is 11.2 Å². The number of benzene rings is 2. The minimum absolute atomic E-state index is 0.159. The number of nitrogens with one attached hydrogen (secondary N) is 3. The Bertz CT molecular complexity index is 709. The summed E-state index contributed by atoms with van der Waals surface area (Å²) in [5, 5.41) is 12.7. The molecular weight excluding hydrogens is 322 g/mol. The number of aryl methyl sites for hydroxylation is 3. The van der Waals surface area contributed by atoms with Crippen molar-refractivity contribution < 1.29 is 9.90 Å². The van der Waals surface area contributed by atoms with Crippen LogP contribution in [0, 0.1) is 13.8 Å². The minimum Gasteiger partial charge on any atom is -0.508 e. The van der Waals surface area contributed by atoms with E-state index in [2.05, 4.69) is 16.2 Å². The van der Waals surface area contributed by atoms with Crippen molar-refractivity contribution in [3.8, 4) is 5.75 Å². The van der Waals surface area contributed by atoms with Crippen molar-refractivity contribution in [3.63, 3.8) is 0 Å². The first-order valence-electron chi connectivity index (χ1n) is 7.65. The molecule has 0 unspecified atom stereocenters. The van der Waals surface area contributed by atoms with Gasteiger partial charge in [0.25, 0.3) is 0 Å². The average Bonchev–Trinajstić information content (AvgIpc) is 2.56. The quantitative estimate of drug-likeness (QED) is 0.507. The van der Waals surface area contributed by atoms with Gasteiger partial charge >= 0.3 is 0 Å². The Labute approximate surface area is 147 Å². The van der Waals surface area contributed by atoms with E-state index in [4.69, 9.17) is 12.2 Å². The number of phenolic OH excluding ortho intramolecular Hbond substituents is 1. The summed E-state index contributed by atoms with van der Waals surface area (Å²) in [7, 11) is 0.